The highest BCUT2D eigenvalue weighted by molar-refractivity contribution is 14.0. The van der Waals surface area contributed by atoms with E-state index in [1.54, 1.807) is 45.5 Å². The number of methoxy groups -OCH3 is 2. The second-order valence-electron chi connectivity index (χ2n) is 6.15. The molecule has 0 radical (unpaired) electrons. The Morgan fingerprint density at radius 2 is 1.66 bits per heavy atom. The van der Waals surface area contributed by atoms with Crippen LogP contribution in [0.2, 0.25) is 0 Å². The van der Waals surface area contributed by atoms with Crippen molar-refractivity contribution < 1.29 is 14.3 Å². The molecule has 158 valence electrons. The van der Waals surface area contributed by atoms with E-state index in [1.165, 1.54) is 0 Å². The molecule has 0 aliphatic carbocycles. The van der Waals surface area contributed by atoms with Gasteiger partial charge in [-0.1, -0.05) is 12.1 Å². The third-order valence-electron chi connectivity index (χ3n) is 4.17. The van der Waals surface area contributed by atoms with Crippen molar-refractivity contribution in [1.29, 1.82) is 0 Å². The Kier molecular flexibility index (Phi) is 10.9. The Morgan fingerprint density at radius 1 is 0.966 bits per heavy atom. The van der Waals surface area contributed by atoms with Crippen LogP contribution in [0.4, 0.5) is 0 Å². The van der Waals surface area contributed by atoms with Crippen LogP contribution < -0.4 is 25.4 Å². The number of carbonyl (C=O) groups is 1. The van der Waals surface area contributed by atoms with Crippen LogP contribution in [0.3, 0.4) is 0 Å². The minimum absolute atomic E-state index is 0. The molecule has 0 aliphatic rings. The lowest BCUT2D eigenvalue weighted by molar-refractivity contribution is 0.0954. The number of rotatable bonds is 8. The highest BCUT2D eigenvalue weighted by Crippen LogP contribution is 2.19. The number of amides is 1. The number of halogens is 1. The molecule has 0 heterocycles. The zero-order valence-corrected chi connectivity index (χ0v) is 19.6. The van der Waals surface area contributed by atoms with Crippen molar-refractivity contribution in [2.45, 2.75) is 13.5 Å². The van der Waals surface area contributed by atoms with Gasteiger partial charge in [0.2, 0.25) is 0 Å². The van der Waals surface area contributed by atoms with E-state index in [9.17, 15) is 4.79 Å². The first-order valence-corrected chi connectivity index (χ1v) is 9.07. The first-order chi connectivity index (χ1) is 13.6. The molecule has 0 bridgehead atoms. The summed E-state index contributed by atoms with van der Waals surface area (Å²) in [6.45, 7) is 3.63. The van der Waals surface area contributed by atoms with Gasteiger partial charge in [-0.3, -0.25) is 9.79 Å². The lowest BCUT2D eigenvalue weighted by Crippen LogP contribution is -2.41. The largest absolute Gasteiger partial charge is 0.497 e. The summed E-state index contributed by atoms with van der Waals surface area (Å²) in [4.78, 5) is 16.3. The van der Waals surface area contributed by atoms with Gasteiger partial charge in [-0.15, -0.1) is 24.0 Å². The van der Waals surface area contributed by atoms with E-state index in [2.05, 4.69) is 20.9 Å². The lowest BCUT2D eigenvalue weighted by Gasteiger charge is -2.14. The molecule has 0 aliphatic heterocycles. The van der Waals surface area contributed by atoms with Crippen molar-refractivity contribution in [3.05, 3.63) is 59.2 Å². The van der Waals surface area contributed by atoms with Crippen molar-refractivity contribution in [3.63, 3.8) is 0 Å². The summed E-state index contributed by atoms with van der Waals surface area (Å²) < 4.78 is 10.5. The molecule has 8 heteroatoms. The molecule has 1 amide bonds. The van der Waals surface area contributed by atoms with Gasteiger partial charge in [0.15, 0.2) is 5.96 Å². The predicted octanol–water partition coefficient (Wildman–Crippen LogP) is 2.73. The fourth-order valence-electron chi connectivity index (χ4n) is 2.60. The van der Waals surface area contributed by atoms with Crippen LogP contribution in [0.1, 0.15) is 21.5 Å². The third-order valence-corrected chi connectivity index (χ3v) is 4.17. The van der Waals surface area contributed by atoms with E-state index in [4.69, 9.17) is 9.47 Å². The van der Waals surface area contributed by atoms with Crippen molar-refractivity contribution in [3.8, 4) is 11.5 Å². The average molecular weight is 512 g/mol. The molecule has 0 saturated carbocycles. The minimum Gasteiger partial charge on any atom is -0.497 e. The number of aryl methyl sites for hydroxylation is 1. The molecule has 0 saturated heterocycles. The molecule has 0 fully saturated rings. The van der Waals surface area contributed by atoms with Crippen molar-refractivity contribution >= 4 is 35.8 Å². The van der Waals surface area contributed by atoms with Crippen LogP contribution in [0.15, 0.2) is 47.5 Å². The lowest BCUT2D eigenvalue weighted by atomic mass is 10.1. The van der Waals surface area contributed by atoms with Gasteiger partial charge >= 0.3 is 0 Å². The molecule has 2 aromatic rings. The van der Waals surface area contributed by atoms with Crippen LogP contribution in [0.5, 0.6) is 11.5 Å². The van der Waals surface area contributed by atoms with Crippen LogP contribution in [0, 0.1) is 6.92 Å². The summed E-state index contributed by atoms with van der Waals surface area (Å²) in [5.74, 6) is 2.09. The molecule has 0 unspecified atom stereocenters. The summed E-state index contributed by atoms with van der Waals surface area (Å²) in [7, 11) is 4.96. The fraction of sp³-hybridized carbons (Fsp3) is 0.333. The number of benzene rings is 2. The standard InChI is InChI=1S/C21H28N4O3.HI/c1-15-5-6-17(19(13-15)28-4)14-25-21(22-2)24-12-11-23-20(26)16-7-9-18(27-3)10-8-16;/h5-10,13H,11-12,14H2,1-4H3,(H,23,26)(H2,22,24,25);1H. The van der Waals surface area contributed by atoms with Gasteiger partial charge in [-0.2, -0.15) is 0 Å². The normalized spacial score (nSPS) is 10.6. The Bertz CT molecular complexity index is 810. The first-order valence-electron chi connectivity index (χ1n) is 9.07. The highest BCUT2D eigenvalue weighted by Gasteiger charge is 2.06. The SMILES string of the molecule is CN=C(NCCNC(=O)c1ccc(OC)cc1)NCc1ccc(C)cc1OC.I. The maximum Gasteiger partial charge on any atom is 0.251 e. The number of nitrogens with one attached hydrogen (secondary N) is 3. The molecule has 0 aromatic heterocycles. The molecule has 2 rings (SSSR count). The summed E-state index contributed by atoms with van der Waals surface area (Å²) in [6, 6.07) is 13.1. The second kappa shape index (κ2) is 12.9. The molecular formula is C21H29IN4O3. The van der Waals surface area contributed by atoms with Gasteiger partial charge in [0, 0.05) is 37.8 Å². The maximum absolute atomic E-state index is 12.1. The molecular weight excluding hydrogens is 483 g/mol. The van der Waals surface area contributed by atoms with Gasteiger partial charge in [0.25, 0.3) is 5.91 Å². The fourth-order valence-corrected chi connectivity index (χ4v) is 2.60. The second-order valence-corrected chi connectivity index (χ2v) is 6.15. The number of carbonyl (C=O) groups excluding carboxylic acids is 1. The molecule has 29 heavy (non-hydrogen) atoms. The maximum atomic E-state index is 12.1. The summed E-state index contributed by atoms with van der Waals surface area (Å²) in [5, 5.41) is 9.29. The Morgan fingerprint density at radius 3 is 2.28 bits per heavy atom. The molecule has 3 N–H and O–H groups in total. The van der Waals surface area contributed by atoms with Gasteiger partial charge in [0.1, 0.15) is 11.5 Å². The number of hydrogen-bond acceptors (Lipinski definition) is 4. The minimum atomic E-state index is -0.128. The smallest absolute Gasteiger partial charge is 0.251 e. The summed E-state index contributed by atoms with van der Waals surface area (Å²) in [5.41, 5.74) is 2.79. The Labute approximate surface area is 189 Å². The zero-order chi connectivity index (χ0) is 20.4. The third kappa shape index (κ3) is 7.80. The number of nitrogens with zero attached hydrogens (tertiary/aromatic N) is 1. The number of hydrogen-bond donors (Lipinski definition) is 3. The molecule has 7 nitrogen and oxygen atoms in total. The molecule has 2 aromatic carbocycles. The molecule has 0 atom stereocenters. The van der Waals surface area contributed by atoms with Gasteiger partial charge < -0.3 is 25.4 Å². The predicted molar refractivity (Wildman–Crippen MR) is 127 cm³/mol. The topological polar surface area (TPSA) is 84.0 Å². The van der Waals surface area contributed by atoms with Crippen LogP contribution in [-0.4, -0.2) is 46.2 Å². The number of guanidine groups is 1. The van der Waals surface area contributed by atoms with Crippen LogP contribution in [0.25, 0.3) is 0 Å². The highest BCUT2D eigenvalue weighted by atomic mass is 127. The van der Waals surface area contributed by atoms with Crippen molar-refractivity contribution in [1.82, 2.24) is 16.0 Å². The summed E-state index contributed by atoms with van der Waals surface area (Å²) in [6.07, 6.45) is 0. The van der Waals surface area contributed by atoms with E-state index < -0.39 is 0 Å². The average Bonchev–Trinajstić information content (AvgIpc) is 2.73. The monoisotopic (exact) mass is 512 g/mol. The van der Waals surface area contributed by atoms with E-state index in [1.807, 2.05) is 25.1 Å². The molecule has 0 spiro atoms. The quantitative estimate of drug-likeness (QED) is 0.219. The first kappa shape index (κ1) is 24.5. The Hall–Kier alpha value is -2.49. The van der Waals surface area contributed by atoms with Crippen molar-refractivity contribution in [2.24, 2.45) is 4.99 Å². The Balaban J connectivity index is 0.00000420. The van der Waals surface area contributed by atoms with Gasteiger partial charge in [-0.25, -0.2) is 0 Å². The van der Waals surface area contributed by atoms with Gasteiger partial charge in [-0.05, 0) is 42.8 Å². The number of aliphatic imine (C=N–C) groups is 1. The van der Waals surface area contributed by atoms with Gasteiger partial charge in [0.05, 0.1) is 14.2 Å². The number of ether oxygens (including phenoxy) is 2. The van der Waals surface area contributed by atoms with Crippen molar-refractivity contribution in [2.75, 3.05) is 34.4 Å². The van der Waals surface area contributed by atoms with E-state index >= 15 is 0 Å². The zero-order valence-electron chi connectivity index (χ0n) is 17.2. The van der Waals surface area contributed by atoms with E-state index in [-0.39, 0.29) is 29.9 Å². The van der Waals surface area contributed by atoms with E-state index in [0.717, 1.165) is 22.6 Å². The van der Waals surface area contributed by atoms with Crippen LogP contribution >= 0.6 is 24.0 Å². The summed E-state index contributed by atoms with van der Waals surface area (Å²) >= 11 is 0. The van der Waals surface area contributed by atoms with Crippen LogP contribution in [-0.2, 0) is 6.54 Å². The van der Waals surface area contributed by atoms with E-state index in [0.29, 0.717) is 31.2 Å².